The van der Waals surface area contributed by atoms with Gasteiger partial charge < -0.3 is 14.9 Å². The smallest absolute Gasteiger partial charge is 0.307 e. The van der Waals surface area contributed by atoms with Crippen LogP contribution in [0.15, 0.2) is 33.5 Å². The van der Waals surface area contributed by atoms with Crippen molar-refractivity contribution in [3.63, 3.8) is 0 Å². The molecule has 120 valence electrons. The minimum Gasteiger partial charge on any atom is -0.481 e. The van der Waals surface area contributed by atoms with E-state index in [0.717, 1.165) is 5.56 Å². The van der Waals surface area contributed by atoms with E-state index in [2.05, 4.69) is 15.5 Å². The molecule has 23 heavy (non-hydrogen) atoms. The number of rotatable bonds is 5. The van der Waals surface area contributed by atoms with E-state index in [-0.39, 0.29) is 12.5 Å². The second kappa shape index (κ2) is 6.74. The molecule has 0 spiro atoms. The highest BCUT2D eigenvalue weighted by molar-refractivity contribution is 7.08. The van der Waals surface area contributed by atoms with Crippen LogP contribution in [0, 0.1) is 11.8 Å². The van der Waals surface area contributed by atoms with Gasteiger partial charge in [0.05, 0.1) is 23.9 Å². The lowest BCUT2D eigenvalue weighted by atomic mass is 9.82. The van der Waals surface area contributed by atoms with Crippen LogP contribution in [0.2, 0.25) is 0 Å². The van der Waals surface area contributed by atoms with E-state index >= 15 is 0 Å². The Bertz CT molecular complexity index is 723. The molecule has 8 heteroatoms. The molecular formula is C15H15N3O4S. The molecule has 2 aromatic heterocycles. The lowest BCUT2D eigenvalue weighted by Crippen LogP contribution is -2.38. The number of carbonyl (C=O) groups excluding carboxylic acids is 1. The predicted octanol–water partition coefficient (Wildman–Crippen LogP) is 2.08. The number of carboxylic acids is 1. The van der Waals surface area contributed by atoms with E-state index in [9.17, 15) is 14.7 Å². The van der Waals surface area contributed by atoms with Crippen molar-refractivity contribution in [1.82, 2.24) is 15.5 Å². The van der Waals surface area contributed by atoms with Gasteiger partial charge in [-0.1, -0.05) is 17.3 Å². The Morgan fingerprint density at radius 1 is 1.35 bits per heavy atom. The Balaban J connectivity index is 1.60. The van der Waals surface area contributed by atoms with Crippen molar-refractivity contribution in [2.24, 2.45) is 11.8 Å². The highest BCUT2D eigenvalue weighted by atomic mass is 32.1. The third kappa shape index (κ3) is 3.48. The van der Waals surface area contributed by atoms with Gasteiger partial charge in [0.25, 0.3) is 5.89 Å². The maximum atomic E-state index is 12.2. The van der Waals surface area contributed by atoms with Crippen molar-refractivity contribution >= 4 is 23.2 Å². The van der Waals surface area contributed by atoms with E-state index in [1.807, 2.05) is 22.9 Å². The molecule has 1 amide bonds. The fourth-order valence-electron chi connectivity index (χ4n) is 2.50. The highest BCUT2D eigenvalue weighted by Crippen LogP contribution is 2.26. The summed E-state index contributed by atoms with van der Waals surface area (Å²) < 4.78 is 5.14. The molecular weight excluding hydrogens is 318 g/mol. The molecule has 1 aliphatic rings. The molecule has 0 radical (unpaired) electrons. The normalized spacial score (nSPS) is 20.3. The van der Waals surface area contributed by atoms with E-state index in [1.165, 1.54) is 11.3 Å². The van der Waals surface area contributed by atoms with Crippen molar-refractivity contribution in [1.29, 1.82) is 0 Å². The molecule has 1 aliphatic carbocycles. The van der Waals surface area contributed by atoms with Crippen LogP contribution < -0.4 is 5.32 Å². The number of nitrogens with one attached hydrogen (secondary N) is 1. The summed E-state index contributed by atoms with van der Waals surface area (Å²) in [4.78, 5) is 27.7. The van der Waals surface area contributed by atoms with Crippen molar-refractivity contribution in [3.05, 3.63) is 34.8 Å². The number of thiophene rings is 1. The molecule has 2 atom stereocenters. The molecule has 2 aromatic rings. The van der Waals surface area contributed by atoms with E-state index in [1.54, 1.807) is 6.08 Å². The Hall–Kier alpha value is -2.48. The molecule has 3 rings (SSSR count). The summed E-state index contributed by atoms with van der Waals surface area (Å²) in [5.41, 5.74) is 0.837. The van der Waals surface area contributed by atoms with Crippen LogP contribution in [0.25, 0.3) is 11.5 Å². The summed E-state index contributed by atoms with van der Waals surface area (Å²) in [5, 5.41) is 19.5. The van der Waals surface area contributed by atoms with E-state index in [0.29, 0.717) is 24.6 Å². The maximum Gasteiger partial charge on any atom is 0.307 e. The molecule has 0 bridgehead atoms. The number of amides is 1. The van der Waals surface area contributed by atoms with E-state index < -0.39 is 17.8 Å². The number of allylic oxidation sites excluding steroid dienone is 2. The second-order valence-corrected chi connectivity index (χ2v) is 6.02. The molecule has 7 nitrogen and oxygen atoms in total. The summed E-state index contributed by atoms with van der Waals surface area (Å²) in [5.74, 6) is -1.75. The first kappa shape index (κ1) is 15.4. The second-order valence-electron chi connectivity index (χ2n) is 5.24. The zero-order valence-electron chi connectivity index (χ0n) is 12.1. The minimum absolute atomic E-state index is 0.110. The van der Waals surface area contributed by atoms with Gasteiger partial charge in [-0.25, -0.2) is 0 Å². The van der Waals surface area contributed by atoms with Crippen LogP contribution >= 0.6 is 11.3 Å². The highest BCUT2D eigenvalue weighted by Gasteiger charge is 2.33. The number of hydrogen-bond donors (Lipinski definition) is 2. The fourth-order valence-corrected chi connectivity index (χ4v) is 3.13. The number of carboxylic acid groups (broad SMARTS) is 1. The summed E-state index contributed by atoms with van der Waals surface area (Å²) in [6, 6.07) is 1.87. The van der Waals surface area contributed by atoms with Crippen LogP contribution in [0.3, 0.4) is 0 Å². The number of nitrogens with zero attached hydrogens (tertiary/aromatic N) is 2. The maximum absolute atomic E-state index is 12.2. The van der Waals surface area contributed by atoms with E-state index in [4.69, 9.17) is 4.52 Å². The molecule has 0 saturated carbocycles. The van der Waals surface area contributed by atoms with Crippen molar-refractivity contribution < 1.29 is 19.2 Å². The first-order chi connectivity index (χ1) is 11.1. The van der Waals surface area contributed by atoms with Crippen molar-refractivity contribution in [2.75, 3.05) is 0 Å². The molecule has 2 heterocycles. The average molecular weight is 333 g/mol. The monoisotopic (exact) mass is 333 g/mol. The topological polar surface area (TPSA) is 105 Å². The first-order valence-corrected chi connectivity index (χ1v) is 8.10. The molecule has 0 unspecified atom stereocenters. The zero-order valence-corrected chi connectivity index (χ0v) is 13.0. The largest absolute Gasteiger partial charge is 0.481 e. The van der Waals surface area contributed by atoms with Gasteiger partial charge in [-0.15, -0.1) is 0 Å². The first-order valence-electron chi connectivity index (χ1n) is 7.16. The van der Waals surface area contributed by atoms with Gasteiger partial charge in [0, 0.05) is 5.38 Å². The summed E-state index contributed by atoms with van der Waals surface area (Å²) in [7, 11) is 0. The summed E-state index contributed by atoms with van der Waals surface area (Å²) >= 11 is 1.52. The lowest BCUT2D eigenvalue weighted by Gasteiger charge is -2.23. The summed E-state index contributed by atoms with van der Waals surface area (Å²) in [6.07, 6.45) is 4.44. The van der Waals surface area contributed by atoms with Gasteiger partial charge in [0.2, 0.25) is 5.91 Å². The average Bonchev–Trinajstić information content (AvgIpc) is 3.23. The van der Waals surface area contributed by atoms with Crippen LogP contribution in [-0.4, -0.2) is 27.1 Å². The Morgan fingerprint density at radius 2 is 2.13 bits per heavy atom. The molecule has 0 aromatic carbocycles. The Labute approximate surface area is 136 Å². The van der Waals surface area contributed by atoms with Crippen LogP contribution in [0.1, 0.15) is 18.7 Å². The fraction of sp³-hybridized carbons (Fsp3) is 0.333. The third-order valence-electron chi connectivity index (χ3n) is 3.74. The molecule has 0 fully saturated rings. The molecule has 2 N–H and O–H groups in total. The van der Waals surface area contributed by atoms with Gasteiger partial charge in [-0.05, 0) is 24.3 Å². The van der Waals surface area contributed by atoms with Gasteiger partial charge >= 0.3 is 5.97 Å². The standard InChI is InChI=1S/C15H15N3O4S/c19-13(10-3-1-2-4-11(10)15(20)21)16-7-12-17-14(22-18-12)9-5-6-23-8-9/h1-2,5-6,8,10-11H,3-4,7H2,(H,16,19)(H,20,21)/t10-,11+/m1/s1. The van der Waals surface area contributed by atoms with Gasteiger partial charge in [-0.3, -0.25) is 9.59 Å². The Kier molecular flexibility index (Phi) is 4.52. The van der Waals surface area contributed by atoms with Gasteiger partial charge in [-0.2, -0.15) is 16.3 Å². The number of aliphatic carboxylic acids is 1. The number of hydrogen-bond acceptors (Lipinski definition) is 6. The number of aromatic nitrogens is 2. The van der Waals surface area contributed by atoms with Gasteiger partial charge in [0.1, 0.15) is 0 Å². The zero-order chi connectivity index (χ0) is 16.2. The minimum atomic E-state index is -0.950. The quantitative estimate of drug-likeness (QED) is 0.812. The molecule has 0 saturated heterocycles. The van der Waals surface area contributed by atoms with Crippen LogP contribution in [0.5, 0.6) is 0 Å². The third-order valence-corrected chi connectivity index (χ3v) is 4.43. The predicted molar refractivity (Wildman–Crippen MR) is 82.4 cm³/mol. The lowest BCUT2D eigenvalue weighted by molar-refractivity contribution is -0.147. The summed E-state index contributed by atoms with van der Waals surface area (Å²) in [6.45, 7) is 0.110. The Morgan fingerprint density at radius 3 is 2.83 bits per heavy atom. The van der Waals surface area contributed by atoms with Crippen LogP contribution in [0.4, 0.5) is 0 Å². The number of carbonyl (C=O) groups is 2. The molecule has 0 aliphatic heterocycles. The van der Waals surface area contributed by atoms with Gasteiger partial charge in [0.15, 0.2) is 5.82 Å². The van der Waals surface area contributed by atoms with Crippen molar-refractivity contribution in [3.8, 4) is 11.5 Å². The van der Waals surface area contributed by atoms with Crippen LogP contribution in [-0.2, 0) is 16.1 Å². The SMILES string of the molecule is O=C(O)[C@H]1CC=CC[C@H]1C(=O)NCc1noc(-c2ccsc2)n1. The van der Waals surface area contributed by atoms with Crippen molar-refractivity contribution in [2.45, 2.75) is 19.4 Å².